The number of thioether (sulfide) groups is 1. The van der Waals surface area contributed by atoms with Gasteiger partial charge in [-0.15, -0.1) is 0 Å². The summed E-state index contributed by atoms with van der Waals surface area (Å²) in [6, 6.07) is 5.13. The largest absolute Gasteiger partial charge is 0.397 e. The van der Waals surface area contributed by atoms with E-state index in [0.717, 1.165) is 18.1 Å². The zero-order chi connectivity index (χ0) is 15.0. The molecule has 1 aromatic carbocycles. The molecule has 0 saturated carbocycles. The van der Waals surface area contributed by atoms with Gasteiger partial charge in [-0.2, -0.15) is 11.8 Å². The Labute approximate surface area is 130 Å². The topological polar surface area (TPSA) is 55.1 Å². The van der Waals surface area contributed by atoms with E-state index >= 15 is 0 Å². The highest BCUT2D eigenvalue weighted by atomic mass is 35.5. The molecule has 0 aliphatic carbocycles. The van der Waals surface area contributed by atoms with Crippen molar-refractivity contribution in [3.8, 4) is 0 Å². The van der Waals surface area contributed by atoms with Gasteiger partial charge in [0.05, 0.1) is 10.7 Å². The summed E-state index contributed by atoms with van der Waals surface area (Å²) in [4.78, 5) is 11.8. The Balaban J connectivity index is 2.21. The molecule has 0 heterocycles. The van der Waals surface area contributed by atoms with Gasteiger partial charge in [-0.05, 0) is 42.0 Å². The molecule has 3 nitrogen and oxygen atoms in total. The van der Waals surface area contributed by atoms with Crippen LogP contribution >= 0.6 is 23.4 Å². The van der Waals surface area contributed by atoms with Crippen LogP contribution in [0.1, 0.15) is 33.1 Å². The molecule has 0 aromatic heterocycles. The van der Waals surface area contributed by atoms with Crippen LogP contribution in [0.3, 0.4) is 0 Å². The lowest BCUT2D eigenvalue weighted by Crippen LogP contribution is -2.11. The molecule has 20 heavy (non-hydrogen) atoms. The first kappa shape index (κ1) is 17.2. The number of rotatable bonds is 8. The highest BCUT2D eigenvalue weighted by Crippen LogP contribution is 2.22. The van der Waals surface area contributed by atoms with Crippen molar-refractivity contribution in [1.29, 1.82) is 0 Å². The number of hydrogen-bond donors (Lipinski definition) is 2. The first-order chi connectivity index (χ1) is 9.52. The summed E-state index contributed by atoms with van der Waals surface area (Å²) in [7, 11) is 0. The van der Waals surface area contributed by atoms with E-state index in [1.807, 2.05) is 11.8 Å². The molecule has 1 amide bonds. The van der Waals surface area contributed by atoms with Crippen molar-refractivity contribution in [2.24, 2.45) is 5.92 Å². The molecule has 3 N–H and O–H groups in total. The van der Waals surface area contributed by atoms with Crippen LogP contribution < -0.4 is 11.1 Å². The van der Waals surface area contributed by atoms with E-state index in [1.165, 1.54) is 12.2 Å². The molecule has 112 valence electrons. The van der Waals surface area contributed by atoms with Crippen LogP contribution in [0, 0.1) is 5.92 Å². The van der Waals surface area contributed by atoms with Gasteiger partial charge in [0.1, 0.15) is 0 Å². The van der Waals surface area contributed by atoms with E-state index in [1.54, 1.807) is 18.2 Å². The van der Waals surface area contributed by atoms with Gasteiger partial charge in [-0.1, -0.05) is 31.9 Å². The average molecular weight is 315 g/mol. The van der Waals surface area contributed by atoms with Crippen LogP contribution in [0.25, 0.3) is 0 Å². The average Bonchev–Trinajstić information content (AvgIpc) is 2.42. The van der Waals surface area contributed by atoms with Gasteiger partial charge in [-0.25, -0.2) is 0 Å². The number of anilines is 2. The highest BCUT2D eigenvalue weighted by Gasteiger charge is 2.05. The van der Waals surface area contributed by atoms with Gasteiger partial charge in [-0.3, -0.25) is 4.79 Å². The Kier molecular flexibility index (Phi) is 7.85. The maximum atomic E-state index is 11.8. The molecule has 0 spiro atoms. The fourth-order valence-corrected chi connectivity index (χ4v) is 2.85. The summed E-state index contributed by atoms with van der Waals surface area (Å²) in [5.74, 6) is 2.98. The molecular weight excluding hydrogens is 292 g/mol. The number of nitrogens with one attached hydrogen (secondary N) is 1. The second kappa shape index (κ2) is 9.14. The standard InChI is InChI=1S/C15H23ClN2OS/c1-3-11(2)10-20-8-4-5-15(19)18-12-6-7-13(16)14(17)9-12/h6-7,9,11H,3-5,8,10,17H2,1-2H3,(H,18,19). The summed E-state index contributed by atoms with van der Waals surface area (Å²) in [6.45, 7) is 4.46. The van der Waals surface area contributed by atoms with E-state index in [4.69, 9.17) is 17.3 Å². The van der Waals surface area contributed by atoms with Gasteiger partial charge < -0.3 is 11.1 Å². The first-order valence-corrected chi connectivity index (χ1v) is 8.48. The number of benzene rings is 1. The Bertz CT molecular complexity index is 440. The molecule has 0 bridgehead atoms. The fourth-order valence-electron chi connectivity index (χ4n) is 1.58. The summed E-state index contributed by atoms with van der Waals surface area (Å²) in [6.07, 6.45) is 2.65. The predicted octanol–water partition coefficient (Wildman–Crippen LogP) is 4.42. The van der Waals surface area contributed by atoms with Crippen LogP contribution in [0.5, 0.6) is 0 Å². The smallest absolute Gasteiger partial charge is 0.224 e. The summed E-state index contributed by atoms with van der Waals surface area (Å²) < 4.78 is 0. The van der Waals surface area contributed by atoms with Crippen molar-refractivity contribution in [1.82, 2.24) is 0 Å². The third kappa shape index (κ3) is 6.53. The number of halogens is 1. The zero-order valence-corrected chi connectivity index (χ0v) is 13.7. The number of amides is 1. The Hall–Kier alpha value is -0.870. The maximum Gasteiger partial charge on any atom is 0.224 e. The minimum atomic E-state index is 0.0239. The lowest BCUT2D eigenvalue weighted by Gasteiger charge is -2.08. The van der Waals surface area contributed by atoms with Crippen LogP contribution in [-0.2, 0) is 4.79 Å². The second-order valence-electron chi connectivity index (χ2n) is 4.98. The Morgan fingerprint density at radius 1 is 1.50 bits per heavy atom. The number of hydrogen-bond acceptors (Lipinski definition) is 3. The molecule has 1 aromatic rings. The van der Waals surface area contributed by atoms with Crippen molar-refractivity contribution in [2.45, 2.75) is 33.1 Å². The molecule has 0 radical (unpaired) electrons. The quantitative estimate of drug-likeness (QED) is 0.551. The SMILES string of the molecule is CCC(C)CSCCCC(=O)Nc1ccc(Cl)c(N)c1. The molecule has 1 atom stereocenters. The fraction of sp³-hybridized carbons (Fsp3) is 0.533. The minimum Gasteiger partial charge on any atom is -0.397 e. The highest BCUT2D eigenvalue weighted by molar-refractivity contribution is 7.99. The maximum absolute atomic E-state index is 11.8. The monoisotopic (exact) mass is 314 g/mol. The van der Waals surface area contributed by atoms with Gasteiger partial charge in [0.25, 0.3) is 0 Å². The lowest BCUT2D eigenvalue weighted by atomic mass is 10.2. The molecule has 1 rings (SSSR count). The van der Waals surface area contributed by atoms with Crippen LogP contribution in [-0.4, -0.2) is 17.4 Å². The predicted molar refractivity (Wildman–Crippen MR) is 90.5 cm³/mol. The molecule has 1 unspecified atom stereocenters. The van der Waals surface area contributed by atoms with E-state index in [2.05, 4.69) is 19.2 Å². The molecule has 0 saturated heterocycles. The van der Waals surface area contributed by atoms with Gasteiger partial charge in [0, 0.05) is 12.1 Å². The van der Waals surface area contributed by atoms with Crippen LogP contribution in [0.4, 0.5) is 11.4 Å². The first-order valence-electron chi connectivity index (χ1n) is 6.95. The van der Waals surface area contributed by atoms with Crippen molar-refractivity contribution in [3.05, 3.63) is 23.2 Å². The van der Waals surface area contributed by atoms with E-state index in [9.17, 15) is 4.79 Å². The zero-order valence-electron chi connectivity index (χ0n) is 12.1. The van der Waals surface area contributed by atoms with Gasteiger partial charge in [0.2, 0.25) is 5.91 Å². The van der Waals surface area contributed by atoms with Crippen LogP contribution in [0.15, 0.2) is 18.2 Å². The van der Waals surface area contributed by atoms with Crippen molar-refractivity contribution in [2.75, 3.05) is 22.6 Å². The third-order valence-electron chi connectivity index (χ3n) is 3.07. The summed E-state index contributed by atoms with van der Waals surface area (Å²) in [5, 5.41) is 3.34. The van der Waals surface area contributed by atoms with E-state index in [-0.39, 0.29) is 5.91 Å². The van der Waals surface area contributed by atoms with Gasteiger partial charge >= 0.3 is 0 Å². The normalized spacial score (nSPS) is 12.2. The molecule has 0 fully saturated rings. The lowest BCUT2D eigenvalue weighted by molar-refractivity contribution is -0.116. The number of carbonyl (C=O) groups is 1. The molecule has 5 heteroatoms. The number of nitrogens with two attached hydrogens (primary N) is 1. The Morgan fingerprint density at radius 2 is 2.25 bits per heavy atom. The van der Waals surface area contributed by atoms with E-state index < -0.39 is 0 Å². The van der Waals surface area contributed by atoms with Crippen LogP contribution in [0.2, 0.25) is 5.02 Å². The molecule has 0 aliphatic heterocycles. The Morgan fingerprint density at radius 3 is 2.90 bits per heavy atom. The second-order valence-corrected chi connectivity index (χ2v) is 6.53. The minimum absolute atomic E-state index is 0.0239. The van der Waals surface area contributed by atoms with E-state index in [0.29, 0.717) is 22.8 Å². The van der Waals surface area contributed by atoms with Crippen molar-refractivity contribution >= 4 is 40.6 Å². The third-order valence-corrected chi connectivity index (χ3v) is 4.80. The molecular formula is C15H23ClN2OS. The van der Waals surface area contributed by atoms with Crippen molar-refractivity contribution in [3.63, 3.8) is 0 Å². The number of nitrogen functional groups attached to an aromatic ring is 1. The van der Waals surface area contributed by atoms with Gasteiger partial charge in [0.15, 0.2) is 0 Å². The summed E-state index contributed by atoms with van der Waals surface area (Å²) in [5.41, 5.74) is 6.87. The summed E-state index contributed by atoms with van der Waals surface area (Å²) >= 11 is 7.75. The number of carbonyl (C=O) groups excluding carboxylic acids is 1. The molecule has 0 aliphatic rings. The van der Waals surface area contributed by atoms with Crippen molar-refractivity contribution < 1.29 is 4.79 Å².